The van der Waals surface area contributed by atoms with Crippen molar-refractivity contribution in [1.29, 1.82) is 0 Å². The molecule has 6 heteroatoms. The lowest BCUT2D eigenvalue weighted by atomic mass is 10.4. The van der Waals surface area contributed by atoms with Crippen LogP contribution in [0, 0.1) is 0 Å². The lowest BCUT2D eigenvalue weighted by Gasteiger charge is -2.46. The molecule has 0 amide bonds. The first-order valence-corrected chi connectivity index (χ1v) is 14.7. The molecular weight excluding hydrogens is 332 g/mol. The van der Waals surface area contributed by atoms with Crippen LogP contribution in [-0.4, -0.2) is 72.9 Å². The molecule has 0 spiro atoms. The van der Waals surface area contributed by atoms with Crippen LogP contribution < -0.4 is 0 Å². The third kappa shape index (κ3) is 6.88. The molecule has 1 heterocycles. The highest BCUT2D eigenvalue weighted by atomic mass is 28.3. The zero-order chi connectivity index (χ0) is 17.8. The van der Waals surface area contributed by atoms with E-state index >= 15 is 0 Å². The summed E-state index contributed by atoms with van der Waals surface area (Å²) >= 11 is 0. The molecule has 0 aliphatic carbocycles. The van der Waals surface area contributed by atoms with Gasteiger partial charge in [-0.05, 0) is 37.5 Å². The summed E-state index contributed by atoms with van der Waals surface area (Å²) in [7, 11) is -2.61. The van der Waals surface area contributed by atoms with Crippen LogP contribution in [0.25, 0.3) is 0 Å². The van der Waals surface area contributed by atoms with Gasteiger partial charge in [0.1, 0.15) is 8.24 Å². The van der Waals surface area contributed by atoms with Gasteiger partial charge >= 0.3 is 9.28 Å². The first-order valence-electron chi connectivity index (χ1n) is 10.4. The van der Waals surface area contributed by atoms with Gasteiger partial charge in [0.05, 0.1) is 0 Å². The van der Waals surface area contributed by atoms with Crippen molar-refractivity contribution in [1.82, 2.24) is 9.47 Å². The molecule has 0 radical (unpaired) electrons. The molecule has 0 aromatic heterocycles. The average molecular weight is 375 g/mol. The van der Waals surface area contributed by atoms with Crippen molar-refractivity contribution in [3.63, 3.8) is 0 Å². The molecule has 0 N–H and O–H groups in total. The second-order valence-electron chi connectivity index (χ2n) is 7.07. The maximum absolute atomic E-state index is 6.00. The van der Waals surface area contributed by atoms with Crippen molar-refractivity contribution in [2.75, 3.05) is 45.9 Å². The highest BCUT2D eigenvalue weighted by Gasteiger charge is 2.36. The quantitative estimate of drug-likeness (QED) is 0.459. The molecule has 1 saturated heterocycles. The van der Waals surface area contributed by atoms with Gasteiger partial charge in [0.25, 0.3) is 0 Å². The van der Waals surface area contributed by atoms with Gasteiger partial charge in [0.15, 0.2) is 0 Å². The first-order chi connectivity index (χ1) is 11.7. The molecule has 24 heavy (non-hydrogen) atoms. The minimum Gasteiger partial charge on any atom is -0.397 e. The van der Waals surface area contributed by atoms with Crippen LogP contribution in [0.5, 0.6) is 0 Å². The van der Waals surface area contributed by atoms with Gasteiger partial charge in [0, 0.05) is 45.4 Å². The predicted molar refractivity (Wildman–Crippen MR) is 110 cm³/mol. The van der Waals surface area contributed by atoms with E-state index in [2.05, 4.69) is 44.1 Å². The lowest BCUT2D eigenvalue weighted by molar-refractivity contribution is 0.169. The molecule has 4 nitrogen and oxygen atoms in total. The van der Waals surface area contributed by atoms with Crippen LogP contribution in [0.15, 0.2) is 0 Å². The molecule has 144 valence electrons. The third-order valence-corrected chi connectivity index (χ3v) is 13.4. The van der Waals surface area contributed by atoms with Gasteiger partial charge in [0.2, 0.25) is 0 Å². The fraction of sp³-hybridized carbons (Fsp3) is 1.00. The standard InChI is InChI=1S/C18H42N2O2Si2/c1-6-16-21-23(22-17-7-2)18-15-19-11-13-20(14-12-19)24(8-3,9-4)10-5/h23H,6-18H2,1-5H3. The van der Waals surface area contributed by atoms with E-state index in [9.17, 15) is 0 Å². The van der Waals surface area contributed by atoms with Crippen molar-refractivity contribution in [2.24, 2.45) is 0 Å². The zero-order valence-electron chi connectivity index (χ0n) is 17.0. The Balaban J connectivity index is 2.38. The minimum atomic E-state index is -1.45. The third-order valence-electron chi connectivity index (χ3n) is 5.71. The molecule has 1 rings (SSSR count). The minimum absolute atomic E-state index is 0.867. The number of nitrogens with zero attached hydrogens (tertiary/aromatic N) is 2. The highest BCUT2D eigenvalue weighted by Crippen LogP contribution is 2.26. The fourth-order valence-corrected chi connectivity index (χ4v) is 9.86. The number of hydrogen-bond acceptors (Lipinski definition) is 4. The van der Waals surface area contributed by atoms with Crippen LogP contribution in [0.3, 0.4) is 0 Å². The van der Waals surface area contributed by atoms with Crippen LogP contribution >= 0.6 is 0 Å². The smallest absolute Gasteiger partial charge is 0.322 e. The average Bonchev–Trinajstić information content (AvgIpc) is 2.64. The van der Waals surface area contributed by atoms with E-state index in [1.54, 1.807) is 0 Å². The molecule has 1 fully saturated rings. The highest BCUT2D eigenvalue weighted by molar-refractivity contribution is 6.77. The summed E-state index contributed by atoms with van der Waals surface area (Å²) in [5, 5.41) is 0. The van der Waals surface area contributed by atoms with Gasteiger partial charge in [-0.2, -0.15) is 0 Å². The van der Waals surface area contributed by atoms with Gasteiger partial charge in [-0.25, -0.2) is 0 Å². The summed E-state index contributed by atoms with van der Waals surface area (Å²) in [5.74, 6) is 0. The Morgan fingerprint density at radius 3 is 1.71 bits per heavy atom. The Kier molecular flexibility index (Phi) is 11.7. The van der Waals surface area contributed by atoms with E-state index in [4.69, 9.17) is 8.85 Å². The number of rotatable bonds is 13. The van der Waals surface area contributed by atoms with E-state index in [1.165, 1.54) is 44.3 Å². The Morgan fingerprint density at radius 1 is 0.792 bits per heavy atom. The van der Waals surface area contributed by atoms with Gasteiger partial charge in [-0.1, -0.05) is 34.6 Å². The molecule has 0 aromatic rings. The van der Waals surface area contributed by atoms with Crippen LogP contribution in [0.1, 0.15) is 47.5 Å². The van der Waals surface area contributed by atoms with Crippen molar-refractivity contribution < 1.29 is 8.85 Å². The van der Waals surface area contributed by atoms with E-state index in [1.807, 2.05) is 0 Å². The van der Waals surface area contributed by atoms with E-state index in [0.717, 1.165) is 38.6 Å². The Morgan fingerprint density at radius 2 is 1.29 bits per heavy atom. The zero-order valence-corrected chi connectivity index (χ0v) is 19.1. The van der Waals surface area contributed by atoms with Gasteiger partial charge in [-0.3, -0.25) is 0 Å². The van der Waals surface area contributed by atoms with Gasteiger partial charge in [-0.15, -0.1) is 0 Å². The molecule has 0 saturated carbocycles. The maximum Gasteiger partial charge on any atom is 0.322 e. The molecule has 1 aliphatic heterocycles. The second-order valence-corrected chi connectivity index (χ2v) is 14.4. The summed E-state index contributed by atoms with van der Waals surface area (Å²) in [4.78, 5) is 2.64. The van der Waals surface area contributed by atoms with Gasteiger partial charge < -0.3 is 18.3 Å². The summed E-state index contributed by atoms with van der Waals surface area (Å²) in [6.45, 7) is 19.5. The molecule has 0 bridgehead atoms. The van der Waals surface area contributed by atoms with Crippen molar-refractivity contribution in [3.8, 4) is 0 Å². The number of piperazine rings is 1. The van der Waals surface area contributed by atoms with Crippen molar-refractivity contribution in [3.05, 3.63) is 0 Å². The first kappa shape index (κ1) is 22.3. The molecule has 0 unspecified atom stereocenters. The monoisotopic (exact) mass is 374 g/mol. The topological polar surface area (TPSA) is 24.9 Å². The summed E-state index contributed by atoms with van der Waals surface area (Å²) in [6, 6.07) is 5.36. The van der Waals surface area contributed by atoms with E-state index in [-0.39, 0.29) is 0 Å². The fourth-order valence-electron chi connectivity index (χ4n) is 3.87. The summed E-state index contributed by atoms with van der Waals surface area (Å²) < 4.78 is 14.9. The van der Waals surface area contributed by atoms with Crippen molar-refractivity contribution in [2.45, 2.75) is 71.6 Å². The summed E-state index contributed by atoms with van der Waals surface area (Å²) in [5.41, 5.74) is 0. The Hall–Kier alpha value is 0.274. The molecule has 0 atom stereocenters. The van der Waals surface area contributed by atoms with Crippen molar-refractivity contribution >= 4 is 17.5 Å². The largest absolute Gasteiger partial charge is 0.397 e. The van der Waals surface area contributed by atoms with Crippen LogP contribution in [0.4, 0.5) is 0 Å². The Labute approximate surface area is 153 Å². The maximum atomic E-state index is 6.00. The normalized spacial score (nSPS) is 17.8. The SMILES string of the molecule is CCCO[SiH](CCN1CCN([Si](CC)(CC)CC)CC1)OCCC. The Bertz CT molecular complexity index is 293. The predicted octanol–water partition coefficient (Wildman–Crippen LogP) is 3.68. The van der Waals surface area contributed by atoms with E-state index < -0.39 is 17.5 Å². The molecular formula is C18H42N2O2Si2. The summed E-state index contributed by atoms with van der Waals surface area (Å²) in [6.07, 6.45) is 2.19. The number of hydrogen-bond donors (Lipinski definition) is 0. The second kappa shape index (κ2) is 12.6. The molecule has 1 aliphatic rings. The lowest BCUT2D eigenvalue weighted by Crippen LogP contribution is -2.59. The van der Waals surface area contributed by atoms with Crippen LogP contribution in [-0.2, 0) is 8.85 Å². The molecule has 0 aromatic carbocycles. The van der Waals surface area contributed by atoms with E-state index in [0.29, 0.717) is 0 Å². The van der Waals surface area contributed by atoms with Crippen LogP contribution in [0.2, 0.25) is 24.2 Å².